The molecule has 3 aromatic rings. The first-order valence-corrected chi connectivity index (χ1v) is 12.1. The number of methoxy groups -OCH3 is 2. The average Bonchev–Trinajstić information content (AvgIpc) is 2.84. The van der Waals surface area contributed by atoms with Gasteiger partial charge in [0.1, 0.15) is 11.5 Å². The number of ether oxygens (including phenoxy) is 2. The second-order valence-electron chi connectivity index (χ2n) is 9.01. The predicted molar refractivity (Wildman–Crippen MR) is 139 cm³/mol. The van der Waals surface area contributed by atoms with E-state index in [9.17, 15) is 9.90 Å². The predicted octanol–water partition coefficient (Wildman–Crippen LogP) is 6.27. The topological polar surface area (TPSA) is 59.0 Å². The van der Waals surface area contributed by atoms with E-state index >= 15 is 0 Å². The summed E-state index contributed by atoms with van der Waals surface area (Å²) in [7, 11) is 3.39. The Morgan fingerprint density at radius 3 is 2.18 bits per heavy atom. The van der Waals surface area contributed by atoms with Crippen molar-refractivity contribution in [2.24, 2.45) is 11.8 Å². The highest BCUT2D eigenvalue weighted by molar-refractivity contribution is 6.01. The van der Waals surface area contributed by atoms with E-state index in [1.807, 2.05) is 38.1 Å². The summed E-state index contributed by atoms with van der Waals surface area (Å²) in [5.74, 6) is 0.428. The molecule has 5 heteroatoms. The summed E-state index contributed by atoms with van der Waals surface area (Å²) in [6.45, 7) is 11.0. The summed E-state index contributed by atoms with van der Waals surface area (Å²) >= 11 is 0. The molecule has 0 aromatic heterocycles. The Morgan fingerprint density at radius 2 is 1.59 bits per heavy atom. The Morgan fingerprint density at radius 1 is 0.912 bits per heavy atom. The van der Waals surface area contributed by atoms with Crippen molar-refractivity contribution in [3.05, 3.63) is 59.7 Å². The molecule has 0 radical (unpaired) electrons. The van der Waals surface area contributed by atoms with Crippen molar-refractivity contribution >= 4 is 16.7 Å². The van der Waals surface area contributed by atoms with Gasteiger partial charge in [-0.25, -0.2) is 0 Å². The van der Waals surface area contributed by atoms with Crippen molar-refractivity contribution in [1.82, 2.24) is 4.90 Å². The summed E-state index contributed by atoms with van der Waals surface area (Å²) in [5.41, 5.74) is 4.10. The Kier molecular flexibility index (Phi) is 8.56. The van der Waals surface area contributed by atoms with E-state index in [0.29, 0.717) is 6.42 Å². The number of carbonyl (C=O) groups is 1. The number of carboxylic acid groups (broad SMARTS) is 1. The minimum Gasteiger partial charge on any atom is -0.496 e. The Bertz CT molecular complexity index is 1130. The molecule has 0 heterocycles. The molecule has 3 aromatic carbocycles. The molecule has 0 aliphatic carbocycles. The summed E-state index contributed by atoms with van der Waals surface area (Å²) in [5, 5.41) is 11.9. The second-order valence-corrected chi connectivity index (χ2v) is 9.01. The van der Waals surface area contributed by atoms with Gasteiger partial charge in [-0.15, -0.1) is 0 Å². The van der Waals surface area contributed by atoms with Crippen LogP contribution < -0.4 is 9.47 Å². The van der Waals surface area contributed by atoms with Gasteiger partial charge in [-0.2, -0.15) is 0 Å². The molecule has 34 heavy (non-hydrogen) atoms. The van der Waals surface area contributed by atoms with Gasteiger partial charge in [-0.1, -0.05) is 70.2 Å². The first kappa shape index (κ1) is 25.6. The fourth-order valence-electron chi connectivity index (χ4n) is 4.69. The number of hydrogen-bond acceptors (Lipinski definition) is 4. The van der Waals surface area contributed by atoms with Gasteiger partial charge in [0.25, 0.3) is 0 Å². The maximum absolute atomic E-state index is 11.9. The van der Waals surface area contributed by atoms with Crippen LogP contribution in [0.4, 0.5) is 0 Å². The molecule has 0 saturated carbocycles. The van der Waals surface area contributed by atoms with Gasteiger partial charge in [-0.3, -0.25) is 9.69 Å². The van der Waals surface area contributed by atoms with Gasteiger partial charge < -0.3 is 14.6 Å². The normalized spacial score (nSPS) is 12.4. The van der Waals surface area contributed by atoms with Gasteiger partial charge in [0.05, 0.1) is 25.7 Å². The first-order chi connectivity index (χ1) is 16.4. The summed E-state index contributed by atoms with van der Waals surface area (Å²) in [4.78, 5) is 14.2. The highest BCUT2D eigenvalue weighted by Crippen LogP contribution is 2.44. The molecule has 0 aliphatic rings. The van der Waals surface area contributed by atoms with Crippen molar-refractivity contribution in [2.45, 2.75) is 40.7 Å². The summed E-state index contributed by atoms with van der Waals surface area (Å²) < 4.78 is 11.8. The molecular formula is C29H37NO4. The van der Waals surface area contributed by atoms with Crippen LogP contribution in [-0.4, -0.2) is 43.3 Å². The maximum atomic E-state index is 11.9. The van der Waals surface area contributed by atoms with Crippen LogP contribution in [0.2, 0.25) is 0 Å². The largest absolute Gasteiger partial charge is 0.496 e. The van der Waals surface area contributed by atoms with E-state index in [1.54, 1.807) is 14.2 Å². The fraction of sp³-hybridized carbons (Fsp3) is 0.414. The lowest BCUT2D eigenvalue weighted by molar-refractivity contribution is -0.143. The number of aliphatic carboxylic acids is 1. The molecule has 0 saturated heterocycles. The van der Waals surface area contributed by atoms with Crippen LogP contribution in [0.1, 0.15) is 38.8 Å². The van der Waals surface area contributed by atoms with Crippen LogP contribution in [0.25, 0.3) is 21.9 Å². The fourth-order valence-corrected chi connectivity index (χ4v) is 4.69. The average molecular weight is 464 g/mol. The number of rotatable bonds is 11. The molecule has 0 aliphatic heterocycles. The van der Waals surface area contributed by atoms with Gasteiger partial charge in [-0.05, 0) is 53.4 Å². The van der Waals surface area contributed by atoms with E-state index in [1.165, 1.54) is 0 Å². The van der Waals surface area contributed by atoms with Crippen LogP contribution in [0.5, 0.6) is 11.5 Å². The van der Waals surface area contributed by atoms with Gasteiger partial charge in [0.2, 0.25) is 0 Å². The van der Waals surface area contributed by atoms with Crippen molar-refractivity contribution in [2.75, 3.05) is 27.3 Å². The standard InChI is InChI=1S/C29H37NO4/c1-7-30(8-2)18-21-15-16-26(33-5)27(28(21)34-6)24-14-10-12-22-20(11-9-13-23(22)24)17-25(19(3)4)29(31)32/h9-16,19,25H,7-8,17-18H2,1-6H3,(H,31,32). The third-order valence-corrected chi connectivity index (χ3v) is 6.76. The van der Waals surface area contributed by atoms with Crippen LogP contribution in [0.15, 0.2) is 48.5 Å². The molecular weight excluding hydrogens is 426 g/mol. The Hall–Kier alpha value is -3.05. The van der Waals surface area contributed by atoms with Crippen molar-refractivity contribution in [1.29, 1.82) is 0 Å². The molecule has 0 fully saturated rings. The Labute approximate surface area is 203 Å². The lowest BCUT2D eigenvalue weighted by Gasteiger charge is -2.23. The van der Waals surface area contributed by atoms with E-state index in [-0.39, 0.29) is 5.92 Å². The summed E-state index contributed by atoms with van der Waals surface area (Å²) in [6, 6.07) is 16.4. The van der Waals surface area contributed by atoms with Crippen molar-refractivity contribution < 1.29 is 19.4 Å². The van der Waals surface area contributed by atoms with Crippen LogP contribution in [0.3, 0.4) is 0 Å². The lowest BCUT2D eigenvalue weighted by atomic mass is 9.86. The molecule has 3 rings (SSSR count). The highest BCUT2D eigenvalue weighted by Gasteiger charge is 2.24. The van der Waals surface area contributed by atoms with Gasteiger partial charge >= 0.3 is 5.97 Å². The minimum absolute atomic E-state index is 0.0490. The number of carboxylic acids is 1. The molecule has 0 spiro atoms. The molecule has 5 nitrogen and oxygen atoms in total. The van der Waals surface area contributed by atoms with Crippen molar-refractivity contribution in [3.63, 3.8) is 0 Å². The third-order valence-electron chi connectivity index (χ3n) is 6.76. The smallest absolute Gasteiger partial charge is 0.307 e. The second kappa shape index (κ2) is 11.4. The SMILES string of the molecule is CCN(CC)Cc1ccc(OC)c(-c2cccc3c(CC(C(=O)O)C(C)C)cccc23)c1OC. The first-order valence-electron chi connectivity index (χ1n) is 12.1. The molecule has 0 bridgehead atoms. The molecule has 182 valence electrons. The number of benzene rings is 3. The van der Waals surface area contributed by atoms with Crippen LogP contribution in [-0.2, 0) is 17.8 Å². The Balaban J connectivity index is 2.22. The molecule has 1 unspecified atom stereocenters. The molecule has 1 atom stereocenters. The van der Waals surface area contributed by atoms with Gasteiger partial charge in [0, 0.05) is 12.1 Å². The molecule has 0 amide bonds. The summed E-state index contributed by atoms with van der Waals surface area (Å²) in [6.07, 6.45) is 0.490. The zero-order chi connectivity index (χ0) is 24.8. The van der Waals surface area contributed by atoms with Crippen LogP contribution >= 0.6 is 0 Å². The number of fused-ring (bicyclic) bond motifs is 1. The van der Waals surface area contributed by atoms with Crippen LogP contribution in [0, 0.1) is 11.8 Å². The number of nitrogens with zero attached hydrogens (tertiary/aromatic N) is 1. The zero-order valence-electron chi connectivity index (χ0n) is 21.2. The highest BCUT2D eigenvalue weighted by atomic mass is 16.5. The zero-order valence-corrected chi connectivity index (χ0v) is 21.2. The third kappa shape index (κ3) is 5.20. The quantitative estimate of drug-likeness (QED) is 0.363. The monoisotopic (exact) mass is 463 g/mol. The van der Waals surface area contributed by atoms with E-state index in [4.69, 9.17) is 9.47 Å². The van der Waals surface area contributed by atoms with E-state index in [0.717, 1.165) is 64.2 Å². The lowest BCUT2D eigenvalue weighted by Crippen LogP contribution is -2.22. The van der Waals surface area contributed by atoms with Crippen molar-refractivity contribution in [3.8, 4) is 22.6 Å². The molecule has 1 N–H and O–H groups in total. The van der Waals surface area contributed by atoms with E-state index in [2.05, 4.69) is 43.0 Å². The maximum Gasteiger partial charge on any atom is 0.307 e. The van der Waals surface area contributed by atoms with Gasteiger partial charge in [0.15, 0.2) is 0 Å². The van der Waals surface area contributed by atoms with E-state index < -0.39 is 11.9 Å². The number of hydrogen-bond donors (Lipinski definition) is 1. The minimum atomic E-state index is -0.754.